The van der Waals surface area contributed by atoms with Gasteiger partial charge in [-0.2, -0.15) is 0 Å². The summed E-state index contributed by atoms with van der Waals surface area (Å²) in [6.07, 6.45) is 1.38. The van der Waals surface area contributed by atoms with Crippen molar-refractivity contribution in [3.63, 3.8) is 0 Å². The zero-order valence-electron chi connectivity index (χ0n) is 12.9. The molecule has 2 aromatic rings. The van der Waals surface area contributed by atoms with Gasteiger partial charge in [-0.3, -0.25) is 14.4 Å². The molecule has 2 rings (SSSR count). The smallest absolute Gasteiger partial charge is 0.233 e. The van der Waals surface area contributed by atoms with Crippen LogP contribution in [0.15, 0.2) is 60.7 Å². The first-order chi connectivity index (χ1) is 10.6. The molecule has 114 valence electrons. The summed E-state index contributed by atoms with van der Waals surface area (Å²) in [5.74, 6) is -0.589. The molecule has 0 atom stereocenters. The van der Waals surface area contributed by atoms with E-state index in [2.05, 4.69) is 0 Å². The van der Waals surface area contributed by atoms with Crippen LogP contribution >= 0.6 is 0 Å². The Balaban J connectivity index is 0.000000346. The van der Waals surface area contributed by atoms with Crippen molar-refractivity contribution in [2.24, 2.45) is 0 Å². The predicted octanol–water partition coefficient (Wildman–Crippen LogP) is 4.13. The molecule has 0 bridgehead atoms. The van der Waals surface area contributed by atoms with E-state index in [1.165, 1.54) is 0 Å². The first-order valence-electron chi connectivity index (χ1n) is 7.31. The second kappa shape index (κ2) is 9.40. The van der Waals surface area contributed by atoms with E-state index in [4.69, 9.17) is 0 Å². The van der Waals surface area contributed by atoms with Crippen LogP contribution in [-0.4, -0.2) is 17.3 Å². The number of rotatable bonds is 5. The van der Waals surface area contributed by atoms with Crippen LogP contribution in [0.3, 0.4) is 0 Å². The van der Waals surface area contributed by atoms with Gasteiger partial charge in [-0.15, -0.1) is 0 Å². The van der Waals surface area contributed by atoms with Gasteiger partial charge in [0.2, 0.25) is 11.6 Å². The van der Waals surface area contributed by atoms with Gasteiger partial charge in [-0.25, -0.2) is 0 Å². The number of Topliss-reactive ketones (excluding diaryl/α,β-unsaturated/α-hetero) is 3. The lowest BCUT2D eigenvalue weighted by Crippen LogP contribution is -2.14. The third-order valence-corrected chi connectivity index (χ3v) is 3.07. The van der Waals surface area contributed by atoms with Crippen molar-refractivity contribution in [2.45, 2.75) is 26.7 Å². The highest BCUT2D eigenvalue weighted by Gasteiger charge is 2.16. The molecule has 0 fully saturated rings. The van der Waals surface area contributed by atoms with Crippen LogP contribution < -0.4 is 0 Å². The molecule has 0 aliphatic carbocycles. The van der Waals surface area contributed by atoms with Gasteiger partial charge in [-0.05, 0) is 0 Å². The van der Waals surface area contributed by atoms with Gasteiger partial charge in [0, 0.05) is 24.0 Å². The molecule has 0 heterocycles. The Morgan fingerprint density at radius 3 is 1.18 bits per heavy atom. The molecule has 0 aliphatic rings. The average Bonchev–Trinajstić information content (AvgIpc) is 2.61. The largest absolute Gasteiger partial charge is 0.300 e. The first-order valence-corrected chi connectivity index (χ1v) is 7.31. The Kier molecular flexibility index (Phi) is 7.48. The van der Waals surface area contributed by atoms with Crippen molar-refractivity contribution in [2.75, 3.05) is 0 Å². The van der Waals surface area contributed by atoms with Gasteiger partial charge < -0.3 is 0 Å². The van der Waals surface area contributed by atoms with Crippen molar-refractivity contribution in [3.8, 4) is 0 Å². The minimum atomic E-state index is -0.466. The van der Waals surface area contributed by atoms with E-state index >= 15 is 0 Å². The molecular formula is C19H20O3. The van der Waals surface area contributed by atoms with Crippen LogP contribution in [0.5, 0.6) is 0 Å². The molecule has 0 radical (unpaired) electrons. The van der Waals surface area contributed by atoms with E-state index in [0.29, 0.717) is 29.8 Å². The van der Waals surface area contributed by atoms with Gasteiger partial charge in [0.25, 0.3) is 0 Å². The standard InChI is InChI=1S/C14H10O2.C5H10O/c15-13(11-7-3-1-4-8-11)14(16)12-9-5-2-6-10-12;1-3-5(6)4-2/h1-10H;3-4H2,1-2H3. The van der Waals surface area contributed by atoms with E-state index in [1.54, 1.807) is 48.5 Å². The summed E-state index contributed by atoms with van der Waals surface area (Å²) in [6, 6.07) is 17.2. The third-order valence-electron chi connectivity index (χ3n) is 3.07. The maximum atomic E-state index is 11.8. The second-order valence-electron chi connectivity index (χ2n) is 4.64. The van der Waals surface area contributed by atoms with Gasteiger partial charge in [0.1, 0.15) is 5.78 Å². The Labute approximate surface area is 131 Å². The van der Waals surface area contributed by atoms with Crippen LogP contribution in [0.4, 0.5) is 0 Å². The number of carbonyl (C=O) groups excluding carboxylic acids is 3. The maximum Gasteiger partial charge on any atom is 0.233 e. The summed E-state index contributed by atoms with van der Waals surface area (Å²) in [6.45, 7) is 3.76. The summed E-state index contributed by atoms with van der Waals surface area (Å²) in [7, 11) is 0. The molecule has 0 amide bonds. The van der Waals surface area contributed by atoms with Crippen molar-refractivity contribution in [1.29, 1.82) is 0 Å². The fourth-order valence-electron chi connectivity index (χ4n) is 1.69. The lowest BCUT2D eigenvalue weighted by atomic mass is 10.0. The Morgan fingerprint density at radius 1 is 0.636 bits per heavy atom. The molecule has 22 heavy (non-hydrogen) atoms. The van der Waals surface area contributed by atoms with Gasteiger partial charge in [-0.1, -0.05) is 74.5 Å². The quantitative estimate of drug-likeness (QED) is 0.616. The van der Waals surface area contributed by atoms with Gasteiger partial charge >= 0.3 is 0 Å². The average molecular weight is 296 g/mol. The molecule has 0 spiro atoms. The van der Waals surface area contributed by atoms with Crippen LogP contribution in [0, 0.1) is 0 Å². The van der Waals surface area contributed by atoms with Crippen LogP contribution in [0.25, 0.3) is 0 Å². The molecule has 0 aromatic heterocycles. The number of carbonyl (C=O) groups is 3. The monoisotopic (exact) mass is 296 g/mol. The fraction of sp³-hybridized carbons (Fsp3) is 0.211. The second-order valence-corrected chi connectivity index (χ2v) is 4.64. The lowest BCUT2D eigenvalue weighted by molar-refractivity contribution is -0.118. The number of hydrogen-bond donors (Lipinski definition) is 0. The van der Waals surface area contributed by atoms with Gasteiger partial charge in [0.15, 0.2) is 0 Å². The summed E-state index contributed by atoms with van der Waals surface area (Å²) in [5.41, 5.74) is 0.854. The van der Waals surface area contributed by atoms with Crippen molar-refractivity contribution < 1.29 is 14.4 Å². The number of hydrogen-bond acceptors (Lipinski definition) is 3. The van der Waals surface area contributed by atoms with E-state index in [-0.39, 0.29) is 0 Å². The third kappa shape index (κ3) is 5.44. The summed E-state index contributed by atoms with van der Waals surface area (Å²) < 4.78 is 0. The Bertz CT molecular complexity index is 560. The van der Waals surface area contributed by atoms with Crippen LogP contribution in [-0.2, 0) is 4.79 Å². The van der Waals surface area contributed by atoms with Crippen molar-refractivity contribution in [1.82, 2.24) is 0 Å². The number of benzene rings is 2. The van der Waals surface area contributed by atoms with Gasteiger partial charge in [0.05, 0.1) is 0 Å². The molecule has 3 nitrogen and oxygen atoms in total. The molecule has 0 saturated heterocycles. The zero-order valence-corrected chi connectivity index (χ0v) is 12.9. The minimum Gasteiger partial charge on any atom is -0.300 e. The first kappa shape index (κ1) is 17.5. The van der Waals surface area contributed by atoms with E-state index in [9.17, 15) is 14.4 Å². The van der Waals surface area contributed by atoms with E-state index < -0.39 is 11.6 Å². The molecule has 2 aromatic carbocycles. The summed E-state index contributed by atoms with van der Waals surface area (Å²) >= 11 is 0. The highest BCUT2D eigenvalue weighted by Crippen LogP contribution is 2.07. The Morgan fingerprint density at radius 2 is 0.955 bits per heavy atom. The molecule has 0 unspecified atom stereocenters. The maximum absolute atomic E-state index is 11.8. The van der Waals surface area contributed by atoms with E-state index in [0.717, 1.165) is 0 Å². The molecule has 3 heteroatoms. The number of ketones is 3. The van der Waals surface area contributed by atoms with Crippen molar-refractivity contribution in [3.05, 3.63) is 71.8 Å². The van der Waals surface area contributed by atoms with Crippen LogP contribution in [0.1, 0.15) is 47.4 Å². The molecule has 0 saturated carbocycles. The molecule has 0 N–H and O–H groups in total. The topological polar surface area (TPSA) is 51.2 Å². The lowest BCUT2D eigenvalue weighted by Gasteiger charge is -1.99. The van der Waals surface area contributed by atoms with E-state index in [1.807, 2.05) is 26.0 Å². The summed E-state index contributed by atoms with van der Waals surface area (Å²) in [5, 5.41) is 0. The predicted molar refractivity (Wildman–Crippen MR) is 87.1 cm³/mol. The molecule has 0 aliphatic heterocycles. The SMILES string of the molecule is CCC(=O)CC.O=C(C(=O)c1ccccc1)c1ccccc1. The highest BCUT2D eigenvalue weighted by atomic mass is 16.2. The zero-order chi connectivity index (χ0) is 16.4. The highest BCUT2D eigenvalue weighted by molar-refractivity contribution is 6.49. The minimum absolute atomic E-state index is 0.343. The molecular weight excluding hydrogens is 276 g/mol. The Hall–Kier alpha value is -2.55. The normalized spacial score (nSPS) is 9.36. The fourth-order valence-corrected chi connectivity index (χ4v) is 1.69. The van der Waals surface area contributed by atoms with Crippen molar-refractivity contribution >= 4 is 17.3 Å². The summed E-state index contributed by atoms with van der Waals surface area (Å²) in [4.78, 5) is 33.8. The van der Waals surface area contributed by atoms with Crippen LogP contribution in [0.2, 0.25) is 0 Å².